The summed E-state index contributed by atoms with van der Waals surface area (Å²) in [5, 5.41) is 4.11. The molecule has 0 unspecified atom stereocenters. The summed E-state index contributed by atoms with van der Waals surface area (Å²) in [6.45, 7) is 2.24. The molecule has 1 saturated carbocycles. The highest BCUT2D eigenvalue weighted by Crippen LogP contribution is 2.26. The number of aromatic nitrogens is 2. The molecule has 3 aromatic rings. The van der Waals surface area contributed by atoms with Gasteiger partial charge in [-0.25, -0.2) is 0 Å². The monoisotopic (exact) mass is 435 g/mol. The molecule has 1 aliphatic carbocycles. The summed E-state index contributed by atoms with van der Waals surface area (Å²) in [5.74, 6) is 2.34. The third-order valence-electron chi connectivity index (χ3n) is 5.90. The van der Waals surface area contributed by atoms with Crippen LogP contribution in [-0.4, -0.2) is 40.7 Å². The second-order valence-corrected chi connectivity index (χ2v) is 8.11. The summed E-state index contributed by atoms with van der Waals surface area (Å²) in [5.41, 5.74) is 1.84. The quantitative estimate of drug-likeness (QED) is 0.506. The van der Waals surface area contributed by atoms with Crippen molar-refractivity contribution in [2.24, 2.45) is 0 Å². The highest BCUT2D eigenvalue weighted by atomic mass is 16.5. The highest BCUT2D eigenvalue weighted by molar-refractivity contribution is 5.78. The first-order valence-electron chi connectivity index (χ1n) is 11.1. The number of hydrogen-bond donors (Lipinski definition) is 0. The van der Waals surface area contributed by atoms with Gasteiger partial charge in [0.05, 0.1) is 7.11 Å². The zero-order chi connectivity index (χ0) is 22.3. The van der Waals surface area contributed by atoms with Gasteiger partial charge in [0.25, 0.3) is 5.91 Å². The van der Waals surface area contributed by atoms with Crippen molar-refractivity contribution in [1.82, 2.24) is 15.0 Å². The fraction of sp³-hybridized carbons (Fsp3) is 0.400. The van der Waals surface area contributed by atoms with Crippen LogP contribution in [0.5, 0.6) is 11.5 Å². The van der Waals surface area contributed by atoms with Gasteiger partial charge >= 0.3 is 0 Å². The maximum atomic E-state index is 13.2. The summed E-state index contributed by atoms with van der Waals surface area (Å²) >= 11 is 0. The Bertz CT molecular complexity index is 1030. The van der Waals surface area contributed by atoms with Crippen LogP contribution in [0.3, 0.4) is 0 Å². The molecule has 0 aliphatic heterocycles. The van der Waals surface area contributed by atoms with E-state index in [0.717, 1.165) is 48.3 Å². The largest absolute Gasteiger partial charge is 0.497 e. The lowest BCUT2D eigenvalue weighted by Gasteiger charge is -2.33. The van der Waals surface area contributed by atoms with Crippen LogP contribution < -0.4 is 9.47 Å². The number of rotatable bonds is 8. The number of para-hydroxylation sites is 1. The highest BCUT2D eigenvalue weighted by Gasteiger charge is 2.28. The van der Waals surface area contributed by atoms with E-state index in [1.807, 2.05) is 60.4 Å². The molecule has 168 valence electrons. The zero-order valence-electron chi connectivity index (χ0n) is 18.6. The topological polar surface area (TPSA) is 77.7 Å². The van der Waals surface area contributed by atoms with Gasteiger partial charge in [-0.3, -0.25) is 4.79 Å². The molecular formula is C25H29N3O4. The van der Waals surface area contributed by atoms with Gasteiger partial charge in [0.15, 0.2) is 6.61 Å². The Kier molecular flexibility index (Phi) is 7.04. The Hall–Kier alpha value is -3.35. The number of hydrogen-bond acceptors (Lipinski definition) is 6. The molecule has 0 bridgehead atoms. The Morgan fingerprint density at radius 2 is 1.84 bits per heavy atom. The minimum atomic E-state index is -0.0654. The first kappa shape index (κ1) is 21.9. The first-order chi connectivity index (χ1) is 15.6. The Morgan fingerprint density at radius 1 is 1.09 bits per heavy atom. The summed E-state index contributed by atoms with van der Waals surface area (Å²) in [6.07, 6.45) is 5.41. The minimum absolute atomic E-state index is 0.0131. The fourth-order valence-electron chi connectivity index (χ4n) is 4.08. The molecular weight excluding hydrogens is 406 g/mol. The maximum absolute atomic E-state index is 13.2. The third kappa shape index (κ3) is 5.28. The molecule has 32 heavy (non-hydrogen) atoms. The lowest BCUT2D eigenvalue weighted by Crippen LogP contribution is -2.43. The van der Waals surface area contributed by atoms with E-state index in [2.05, 4.69) is 10.1 Å². The van der Waals surface area contributed by atoms with Crippen LogP contribution in [0.2, 0.25) is 0 Å². The average molecular weight is 436 g/mol. The zero-order valence-corrected chi connectivity index (χ0v) is 18.6. The number of benzene rings is 2. The van der Waals surface area contributed by atoms with Gasteiger partial charge in [-0.1, -0.05) is 42.6 Å². The molecule has 2 aromatic carbocycles. The van der Waals surface area contributed by atoms with Crippen LogP contribution in [0, 0.1) is 6.92 Å². The van der Waals surface area contributed by atoms with Crippen molar-refractivity contribution in [2.45, 2.75) is 51.6 Å². The smallest absolute Gasteiger partial charge is 0.261 e. The van der Waals surface area contributed by atoms with E-state index in [1.54, 1.807) is 7.11 Å². The molecule has 0 radical (unpaired) electrons. The van der Waals surface area contributed by atoms with E-state index in [0.29, 0.717) is 11.7 Å². The molecule has 1 aliphatic rings. The SMILES string of the molecule is COc1ccc(-c2noc(CN(C(=O)COc3ccccc3C)C3CCCCC3)n2)cc1. The minimum Gasteiger partial charge on any atom is -0.497 e. The van der Waals surface area contributed by atoms with E-state index in [4.69, 9.17) is 14.0 Å². The molecule has 0 spiro atoms. The van der Waals surface area contributed by atoms with Crippen LogP contribution in [0.1, 0.15) is 43.6 Å². The summed E-state index contributed by atoms with van der Waals surface area (Å²) in [7, 11) is 1.63. The van der Waals surface area contributed by atoms with E-state index < -0.39 is 0 Å². The molecule has 1 fully saturated rings. The van der Waals surface area contributed by atoms with Crippen molar-refractivity contribution < 1.29 is 18.8 Å². The van der Waals surface area contributed by atoms with E-state index in [-0.39, 0.29) is 25.1 Å². The molecule has 0 saturated heterocycles. The molecule has 1 heterocycles. The third-order valence-corrected chi connectivity index (χ3v) is 5.90. The lowest BCUT2D eigenvalue weighted by molar-refractivity contribution is -0.137. The summed E-state index contributed by atoms with van der Waals surface area (Å²) in [4.78, 5) is 19.6. The number of nitrogens with zero attached hydrogens (tertiary/aromatic N) is 3. The first-order valence-corrected chi connectivity index (χ1v) is 11.1. The van der Waals surface area contributed by atoms with Crippen molar-refractivity contribution in [3.8, 4) is 22.9 Å². The number of methoxy groups -OCH3 is 1. The van der Waals surface area contributed by atoms with Gasteiger partial charge in [0.2, 0.25) is 11.7 Å². The van der Waals surface area contributed by atoms with Gasteiger partial charge in [0.1, 0.15) is 18.0 Å². The Labute approximate surface area is 188 Å². The van der Waals surface area contributed by atoms with E-state index in [1.165, 1.54) is 6.42 Å². The summed E-state index contributed by atoms with van der Waals surface area (Å²) in [6, 6.07) is 15.3. The molecule has 1 aromatic heterocycles. The predicted octanol–water partition coefficient (Wildman–Crippen LogP) is 4.79. The molecule has 4 rings (SSSR count). The van der Waals surface area contributed by atoms with Gasteiger partial charge in [-0.05, 0) is 55.7 Å². The van der Waals surface area contributed by atoms with Crippen LogP contribution in [0.25, 0.3) is 11.4 Å². The normalized spacial score (nSPS) is 14.2. The summed E-state index contributed by atoms with van der Waals surface area (Å²) < 4.78 is 16.5. The van der Waals surface area contributed by atoms with Gasteiger partial charge in [-0.15, -0.1) is 0 Å². The van der Waals surface area contributed by atoms with Crippen LogP contribution in [0.15, 0.2) is 53.1 Å². The van der Waals surface area contributed by atoms with Crippen molar-refractivity contribution in [2.75, 3.05) is 13.7 Å². The second kappa shape index (κ2) is 10.3. The van der Waals surface area contributed by atoms with Crippen LogP contribution in [-0.2, 0) is 11.3 Å². The number of ether oxygens (including phenoxy) is 2. The second-order valence-electron chi connectivity index (χ2n) is 8.11. The molecule has 0 atom stereocenters. The Balaban J connectivity index is 1.47. The standard InChI is InChI=1S/C25H29N3O4/c1-18-8-6-7-11-22(18)31-17-24(29)28(20-9-4-3-5-10-20)16-23-26-25(27-32-23)19-12-14-21(30-2)15-13-19/h6-8,11-15,20H,3-5,9-10,16-17H2,1-2H3. The number of aryl methyl sites for hydroxylation is 1. The fourth-order valence-corrected chi connectivity index (χ4v) is 4.08. The maximum Gasteiger partial charge on any atom is 0.261 e. The Morgan fingerprint density at radius 3 is 2.56 bits per heavy atom. The van der Waals surface area contributed by atoms with Gasteiger partial charge < -0.3 is 18.9 Å². The molecule has 1 amide bonds. The number of carbonyl (C=O) groups excluding carboxylic acids is 1. The van der Waals surface area contributed by atoms with Crippen molar-refractivity contribution in [3.05, 3.63) is 60.0 Å². The number of amides is 1. The van der Waals surface area contributed by atoms with Crippen molar-refractivity contribution in [1.29, 1.82) is 0 Å². The van der Waals surface area contributed by atoms with Crippen molar-refractivity contribution in [3.63, 3.8) is 0 Å². The van der Waals surface area contributed by atoms with Gasteiger partial charge in [-0.2, -0.15) is 4.98 Å². The number of carbonyl (C=O) groups is 1. The van der Waals surface area contributed by atoms with E-state index in [9.17, 15) is 4.79 Å². The molecule has 7 nitrogen and oxygen atoms in total. The lowest BCUT2D eigenvalue weighted by atomic mass is 9.94. The molecule has 7 heteroatoms. The van der Waals surface area contributed by atoms with Crippen LogP contribution >= 0.6 is 0 Å². The van der Waals surface area contributed by atoms with Gasteiger partial charge in [0, 0.05) is 11.6 Å². The average Bonchev–Trinajstić information content (AvgIpc) is 3.31. The predicted molar refractivity (Wildman–Crippen MR) is 120 cm³/mol. The van der Waals surface area contributed by atoms with Crippen molar-refractivity contribution >= 4 is 5.91 Å². The van der Waals surface area contributed by atoms with E-state index >= 15 is 0 Å². The van der Waals surface area contributed by atoms with Crippen LogP contribution in [0.4, 0.5) is 0 Å². The molecule has 0 N–H and O–H groups in total.